The van der Waals surface area contributed by atoms with E-state index in [4.69, 9.17) is 9.84 Å². The minimum atomic E-state index is -0.433. The van der Waals surface area contributed by atoms with E-state index in [0.29, 0.717) is 0 Å². The molecule has 2 atom stereocenters. The van der Waals surface area contributed by atoms with Gasteiger partial charge in [-0.3, -0.25) is 10.1 Å². The number of nitrogens with zero attached hydrogens (tertiary/aromatic N) is 3. The molecule has 0 radical (unpaired) electrons. The number of thiophene rings is 1. The van der Waals surface area contributed by atoms with Gasteiger partial charge in [-0.2, -0.15) is 5.10 Å². The van der Waals surface area contributed by atoms with Gasteiger partial charge in [0.1, 0.15) is 5.75 Å². The van der Waals surface area contributed by atoms with Gasteiger partial charge in [0.25, 0.3) is 5.69 Å². The summed E-state index contributed by atoms with van der Waals surface area (Å²) in [5.74, 6) is 0.815. The normalized spacial score (nSPS) is 20.2. The molecular formula is C20H14BrN3O3S. The van der Waals surface area contributed by atoms with Crippen molar-refractivity contribution in [2.24, 2.45) is 5.10 Å². The highest BCUT2D eigenvalue weighted by molar-refractivity contribution is 9.10. The second kappa shape index (κ2) is 6.72. The molecule has 1 aromatic heterocycles. The molecule has 0 saturated heterocycles. The molecule has 140 valence electrons. The van der Waals surface area contributed by atoms with Crippen molar-refractivity contribution >= 4 is 38.7 Å². The number of hydrazone groups is 1. The fourth-order valence-corrected chi connectivity index (χ4v) is 4.73. The highest BCUT2D eigenvalue weighted by atomic mass is 79.9. The molecule has 2 aliphatic heterocycles. The highest BCUT2D eigenvalue weighted by Gasteiger charge is 2.41. The molecular weight excluding hydrogens is 442 g/mol. The molecule has 28 heavy (non-hydrogen) atoms. The average molecular weight is 456 g/mol. The monoisotopic (exact) mass is 455 g/mol. The van der Waals surface area contributed by atoms with Crippen LogP contribution in [-0.4, -0.2) is 15.6 Å². The van der Waals surface area contributed by atoms with Gasteiger partial charge in [-0.25, -0.2) is 5.01 Å². The first-order valence-electron chi connectivity index (χ1n) is 8.70. The summed E-state index contributed by atoms with van der Waals surface area (Å²) >= 11 is 5.22. The first kappa shape index (κ1) is 17.4. The quantitative estimate of drug-likeness (QED) is 0.377. The van der Waals surface area contributed by atoms with E-state index in [1.807, 2.05) is 28.6 Å². The lowest BCUT2D eigenvalue weighted by Gasteiger charge is -2.38. The van der Waals surface area contributed by atoms with Crippen molar-refractivity contribution in [1.29, 1.82) is 0 Å². The fourth-order valence-electron chi connectivity index (χ4n) is 3.63. The van der Waals surface area contributed by atoms with E-state index in [0.717, 1.165) is 38.4 Å². The minimum absolute atomic E-state index is 0.0542. The summed E-state index contributed by atoms with van der Waals surface area (Å²) in [4.78, 5) is 11.7. The minimum Gasteiger partial charge on any atom is -0.464 e. The molecule has 0 saturated carbocycles. The van der Waals surface area contributed by atoms with E-state index in [2.05, 4.69) is 28.1 Å². The van der Waals surface area contributed by atoms with Crippen LogP contribution in [0.15, 0.2) is 69.6 Å². The Kier molecular flexibility index (Phi) is 4.17. The Morgan fingerprint density at radius 2 is 2.04 bits per heavy atom. The third-order valence-corrected chi connectivity index (χ3v) is 6.36. The largest absolute Gasteiger partial charge is 0.464 e. The summed E-state index contributed by atoms with van der Waals surface area (Å²) in [5.41, 5.74) is 3.01. The number of nitro groups is 1. The van der Waals surface area contributed by atoms with Crippen molar-refractivity contribution in [2.45, 2.75) is 18.7 Å². The maximum atomic E-state index is 11.0. The number of nitro benzene ring substituents is 1. The third kappa shape index (κ3) is 2.89. The standard InChI is InChI=1S/C20H14BrN3O3S/c21-13-5-8-18-15(10-13)17-11-16(19-2-1-9-28-19)22-23(17)20(27-18)12-3-6-14(7-4-12)24(25)26/h1-10,17,20H,11H2/t17-,20+/m1/s1. The zero-order valence-corrected chi connectivity index (χ0v) is 16.9. The van der Waals surface area contributed by atoms with Crippen molar-refractivity contribution in [1.82, 2.24) is 5.01 Å². The number of fused-ring (bicyclic) bond motifs is 3. The highest BCUT2D eigenvalue weighted by Crippen LogP contribution is 2.48. The number of benzene rings is 2. The molecule has 0 amide bonds. The van der Waals surface area contributed by atoms with Gasteiger partial charge in [-0.15, -0.1) is 11.3 Å². The van der Waals surface area contributed by atoms with Crippen LogP contribution in [0.2, 0.25) is 0 Å². The van der Waals surface area contributed by atoms with E-state index < -0.39 is 11.2 Å². The Bertz CT molecular complexity index is 1080. The van der Waals surface area contributed by atoms with Crippen molar-refractivity contribution in [2.75, 3.05) is 0 Å². The SMILES string of the molecule is O=[N+]([O-])c1ccc([C@@H]2Oc3ccc(Br)cc3[C@H]3CC(c4cccs4)=NN32)cc1. The number of ether oxygens (including phenoxy) is 1. The zero-order chi connectivity index (χ0) is 19.3. The molecule has 0 spiro atoms. The summed E-state index contributed by atoms with van der Waals surface area (Å²) < 4.78 is 7.28. The predicted molar refractivity (Wildman–Crippen MR) is 111 cm³/mol. The van der Waals surface area contributed by atoms with Crippen LogP contribution in [0.25, 0.3) is 0 Å². The van der Waals surface area contributed by atoms with Crippen molar-refractivity contribution in [3.63, 3.8) is 0 Å². The smallest absolute Gasteiger partial charge is 0.269 e. The fraction of sp³-hybridized carbons (Fsp3) is 0.150. The molecule has 0 N–H and O–H groups in total. The lowest BCUT2D eigenvalue weighted by molar-refractivity contribution is -0.384. The van der Waals surface area contributed by atoms with E-state index >= 15 is 0 Å². The van der Waals surface area contributed by atoms with E-state index in [1.165, 1.54) is 12.1 Å². The van der Waals surface area contributed by atoms with Crippen LogP contribution in [0.4, 0.5) is 5.69 Å². The lowest BCUT2D eigenvalue weighted by atomic mass is 9.97. The molecule has 6 nitrogen and oxygen atoms in total. The lowest BCUT2D eigenvalue weighted by Crippen LogP contribution is -2.33. The van der Waals surface area contributed by atoms with Crippen LogP contribution >= 0.6 is 27.3 Å². The molecule has 0 unspecified atom stereocenters. The second-order valence-electron chi connectivity index (χ2n) is 6.62. The van der Waals surface area contributed by atoms with Crippen molar-refractivity contribution in [3.8, 4) is 5.75 Å². The van der Waals surface area contributed by atoms with Crippen molar-refractivity contribution in [3.05, 3.63) is 90.6 Å². The van der Waals surface area contributed by atoms with Crippen LogP contribution in [0.3, 0.4) is 0 Å². The second-order valence-corrected chi connectivity index (χ2v) is 8.49. The Hall–Kier alpha value is -2.71. The van der Waals surface area contributed by atoms with Gasteiger partial charge in [0, 0.05) is 34.2 Å². The first-order valence-corrected chi connectivity index (χ1v) is 10.4. The van der Waals surface area contributed by atoms with Gasteiger partial charge >= 0.3 is 0 Å². The maximum Gasteiger partial charge on any atom is 0.269 e. The average Bonchev–Trinajstić information content (AvgIpc) is 3.37. The topological polar surface area (TPSA) is 68.0 Å². The van der Waals surface area contributed by atoms with Gasteiger partial charge in [-0.05, 0) is 41.8 Å². The molecule has 5 rings (SSSR count). The summed E-state index contributed by atoms with van der Waals surface area (Å²) in [6.45, 7) is 0. The number of halogens is 1. The molecule has 3 heterocycles. The van der Waals surface area contributed by atoms with Crippen LogP contribution in [0.1, 0.15) is 34.7 Å². The van der Waals surface area contributed by atoms with Crippen LogP contribution < -0.4 is 4.74 Å². The Labute approximate surface area is 173 Å². The molecule has 8 heteroatoms. The third-order valence-electron chi connectivity index (χ3n) is 4.95. The molecule has 0 bridgehead atoms. The zero-order valence-electron chi connectivity index (χ0n) is 14.5. The maximum absolute atomic E-state index is 11.0. The summed E-state index contributed by atoms with van der Waals surface area (Å²) in [7, 11) is 0. The Morgan fingerprint density at radius 3 is 2.75 bits per heavy atom. The number of non-ortho nitro benzene ring substituents is 1. The van der Waals surface area contributed by atoms with Crippen LogP contribution in [0.5, 0.6) is 5.75 Å². The molecule has 2 aliphatic rings. The van der Waals surface area contributed by atoms with Gasteiger partial charge in [0.2, 0.25) is 6.23 Å². The van der Waals surface area contributed by atoms with Gasteiger partial charge in [0.15, 0.2) is 0 Å². The number of rotatable bonds is 3. The van der Waals surface area contributed by atoms with Gasteiger partial charge in [0.05, 0.1) is 21.6 Å². The number of hydrogen-bond acceptors (Lipinski definition) is 6. The first-order chi connectivity index (χ1) is 13.6. The van der Waals surface area contributed by atoms with Gasteiger partial charge < -0.3 is 4.74 Å². The summed E-state index contributed by atoms with van der Waals surface area (Å²) in [5, 5.41) is 19.9. The van der Waals surface area contributed by atoms with Crippen LogP contribution in [0, 0.1) is 10.1 Å². The predicted octanol–water partition coefficient (Wildman–Crippen LogP) is 5.66. The summed E-state index contributed by atoms with van der Waals surface area (Å²) in [6.07, 6.45) is 0.355. The Balaban J connectivity index is 1.58. The van der Waals surface area contributed by atoms with Crippen molar-refractivity contribution < 1.29 is 9.66 Å². The van der Waals surface area contributed by atoms with Gasteiger partial charge in [-0.1, -0.05) is 22.0 Å². The van der Waals surface area contributed by atoms with E-state index in [9.17, 15) is 10.1 Å². The van der Waals surface area contributed by atoms with E-state index in [1.54, 1.807) is 23.5 Å². The molecule has 0 aliphatic carbocycles. The number of hydrogen-bond donors (Lipinski definition) is 0. The van der Waals surface area contributed by atoms with Crippen LogP contribution in [-0.2, 0) is 0 Å². The van der Waals surface area contributed by atoms with E-state index in [-0.39, 0.29) is 11.7 Å². The molecule has 0 fully saturated rings. The molecule has 3 aromatic rings. The Morgan fingerprint density at radius 1 is 1.21 bits per heavy atom. The summed E-state index contributed by atoms with van der Waals surface area (Å²) in [6, 6.07) is 16.6. The molecule has 2 aromatic carbocycles.